The second kappa shape index (κ2) is 7.60. The molecule has 1 aromatic rings. The SMILES string of the molecule is CCCN(C(=O)C(C)CNC)C1CCc2ccccc2C1. The summed E-state index contributed by atoms with van der Waals surface area (Å²) in [5, 5.41) is 3.12. The summed E-state index contributed by atoms with van der Waals surface area (Å²) in [6.07, 6.45) is 4.22. The molecule has 0 bridgehead atoms. The van der Waals surface area contributed by atoms with Crippen molar-refractivity contribution in [1.29, 1.82) is 0 Å². The van der Waals surface area contributed by atoms with Gasteiger partial charge >= 0.3 is 0 Å². The molecule has 2 unspecified atom stereocenters. The van der Waals surface area contributed by atoms with Crippen molar-refractivity contribution in [2.75, 3.05) is 20.1 Å². The third kappa shape index (κ3) is 3.85. The van der Waals surface area contributed by atoms with Crippen LogP contribution in [0.4, 0.5) is 0 Å². The number of nitrogens with zero attached hydrogens (tertiary/aromatic N) is 1. The molecule has 1 aliphatic rings. The van der Waals surface area contributed by atoms with Crippen molar-refractivity contribution < 1.29 is 4.79 Å². The van der Waals surface area contributed by atoms with Gasteiger partial charge in [-0.1, -0.05) is 38.1 Å². The Labute approximate surface area is 128 Å². The molecule has 1 amide bonds. The maximum atomic E-state index is 12.7. The highest BCUT2D eigenvalue weighted by Crippen LogP contribution is 2.25. The lowest BCUT2D eigenvalue weighted by molar-refractivity contribution is -0.137. The topological polar surface area (TPSA) is 32.3 Å². The third-order valence-electron chi connectivity index (χ3n) is 4.44. The molecule has 0 aliphatic heterocycles. The number of amides is 1. The van der Waals surface area contributed by atoms with E-state index in [0.29, 0.717) is 11.9 Å². The number of hydrogen-bond acceptors (Lipinski definition) is 2. The first-order valence-electron chi connectivity index (χ1n) is 8.19. The molecule has 0 saturated carbocycles. The quantitative estimate of drug-likeness (QED) is 0.873. The van der Waals surface area contributed by atoms with Crippen LogP contribution in [0.25, 0.3) is 0 Å². The summed E-state index contributed by atoms with van der Waals surface area (Å²) in [5.41, 5.74) is 2.88. The maximum Gasteiger partial charge on any atom is 0.226 e. The monoisotopic (exact) mass is 288 g/mol. The normalized spacial score (nSPS) is 18.9. The molecule has 21 heavy (non-hydrogen) atoms. The van der Waals surface area contributed by atoms with Crippen molar-refractivity contribution in [3.05, 3.63) is 35.4 Å². The molecule has 0 spiro atoms. The van der Waals surface area contributed by atoms with Gasteiger partial charge in [0, 0.05) is 25.0 Å². The first-order chi connectivity index (χ1) is 10.2. The highest BCUT2D eigenvalue weighted by Gasteiger charge is 2.29. The van der Waals surface area contributed by atoms with Crippen LogP contribution in [0.1, 0.15) is 37.8 Å². The van der Waals surface area contributed by atoms with E-state index in [2.05, 4.69) is 41.4 Å². The highest BCUT2D eigenvalue weighted by atomic mass is 16.2. The van der Waals surface area contributed by atoms with Crippen LogP contribution in [0.3, 0.4) is 0 Å². The summed E-state index contributed by atoms with van der Waals surface area (Å²) in [5.74, 6) is 0.356. The first kappa shape index (κ1) is 16.0. The van der Waals surface area contributed by atoms with Gasteiger partial charge in [0.1, 0.15) is 0 Å². The van der Waals surface area contributed by atoms with Crippen LogP contribution in [0, 0.1) is 5.92 Å². The van der Waals surface area contributed by atoms with Crippen LogP contribution >= 0.6 is 0 Å². The summed E-state index contributed by atoms with van der Waals surface area (Å²) < 4.78 is 0. The molecular weight excluding hydrogens is 260 g/mol. The summed E-state index contributed by atoms with van der Waals surface area (Å²) in [6, 6.07) is 9.03. The third-order valence-corrected chi connectivity index (χ3v) is 4.44. The van der Waals surface area contributed by atoms with Crippen molar-refractivity contribution in [2.24, 2.45) is 5.92 Å². The van der Waals surface area contributed by atoms with Crippen molar-refractivity contribution in [2.45, 2.75) is 45.6 Å². The van der Waals surface area contributed by atoms with Crippen LogP contribution in [0.5, 0.6) is 0 Å². The lowest BCUT2D eigenvalue weighted by atomic mass is 9.87. The van der Waals surface area contributed by atoms with Gasteiger partial charge in [-0.15, -0.1) is 0 Å². The summed E-state index contributed by atoms with van der Waals surface area (Å²) in [4.78, 5) is 14.9. The smallest absolute Gasteiger partial charge is 0.226 e. The molecule has 0 aromatic heterocycles. The average Bonchev–Trinajstić information content (AvgIpc) is 2.51. The number of rotatable bonds is 6. The van der Waals surface area contributed by atoms with Gasteiger partial charge in [0.05, 0.1) is 0 Å². The molecular formula is C18H28N2O. The standard InChI is InChI=1S/C18H28N2O/c1-4-11-20(18(21)14(2)13-19-3)17-10-9-15-7-5-6-8-16(15)12-17/h5-8,14,17,19H,4,9-13H2,1-3H3. The van der Waals surface area contributed by atoms with Gasteiger partial charge in [-0.05, 0) is 43.9 Å². The number of carbonyl (C=O) groups is 1. The fourth-order valence-corrected chi connectivity index (χ4v) is 3.33. The number of hydrogen-bond donors (Lipinski definition) is 1. The Morgan fingerprint density at radius 3 is 2.76 bits per heavy atom. The van der Waals surface area contributed by atoms with E-state index in [1.54, 1.807) is 0 Å². The summed E-state index contributed by atoms with van der Waals surface area (Å²) in [7, 11) is 1.91. The first-order valence-corrected chi connectivity index (χ1v) is 8.19. The lowest BCUT2D eigenvalue weighted by Gasteiger charge is -2.36. The van der Waals surface area contributed by atoms with E-state index in [0.717, 1.165) is 38.8 Å². The number of fused-ring (bicyclic) bond motifs is 1. The predicted molar refractivity (Wildman–Crippen MR) is 87.3 cm³/mol. The minimum absolute atomic E-state index is 0.0544. The largest absolute Gasteiger partial charge is 0.339 e. The van der Waals surface area contributed by atoms with E-state index in [9.17, 15) is 4.79 Å². The Morgan fingerprint density at radius 1 is 1.38 bits per heavy atom. The fourth-order valence-electron chi connectivity index (χ4n) is 3.33. The van der Waals surface area contributed by atoms with Gasteiger partial charge in [0.25, 0.3) is 0 Å². The second-order valence-corrected chi connectivity index (χ2v) is 6.16. The number of carbonyl (C=O) groups excluding carboxylic acids is 1. The fraction of sp³-hybridized carbons (Fsp3) is 0.611. The molecule has 1 aromatic carbocycles. The molecule has 0 fully saturated rings. The Bertz CT molecular complexity index is 472. The number of aryl methyl sites for hydroxylation is 1. The van der Waals surface area contributed by atoms with Crippen molar-refractivity contribution >= 4 is 5.91 Å². The van der Waals surface area contributed by atoms with E-state index >= 15 is 0 Å². The molecule has 116 valence electrons. The van der Waals surface area contributed by atoms with Crippen LogP contribution in [-0.4, -0.2) is 37.0 Å². The molecule has 3 heteroatoms. The Balaban J connectivity index is 2.11. The molecule has 2 rings (SSSR count). The summed E-state index contributed by atoms with van der Waals surface area (Å²) >= 11 is 0. The van der Waals surface area contributed by atoms with E-state index in [1.165, 1.54) is 11.1 Å². The Morgan fingerprint density at radius 2 is 2.10 bits per heavy atom. The van der Waals surface area contributed by atoms with Gasteiger partial charge in [0.2, 0.25) is 5.91 Å². The zero-order valence-electron chi connectivity index (χ0n) is 13.6. The van der Waals surface area contributed by atoms with Crippen molar-refractivity contribution in [3.8, 4) is 0 Å². The zero-order valence-corrected chi connectivity index (χ0v) is 13.6. The van der Waals surface area contributed by atoms with E-state index in [1.807, 2.05) is 14.0 Å². The average molecular weight is 288 g/mol. The molecule has 1 N–H and O–H groups in total. The molecule has 0 heterocycles. The van der Waals surface area contributed by atoms with Gasteiger partial charge in [-0.3, -0.25) is 4.79 Å². The van der Waals surface area contributed by atoms with Crippen molar-refractivity contribution in [1.82, 2.24) is 10.2 Å². The minimum atomic E-state index is 0.0544. The maximum absolute atomic E-state index is 12.7. The lowest BCUT2D eigenvalue weighted by Crippen LogP contribution is -2.47. The molecule has 3 nitrogen and oxygen atoms in total. The van der Waals surface area contributed by atoms with Gasteiger partial charge in [0.15, 0.2) is 0 Å². The molecule has 0 saturated heterocycles. The van der Waals surface area contributed by atoms with Crippen LogP contribution in [-0.2, 0) is 17.6 Å². The Kier molecular flexibility index (Phi) is 5.80. The highest BCUT2D eigenvalue weighted by molar-refractivity contribution is 5.79. The molecule has 1 aliphatic carbocycles. The summed E-state index contributed by atoms with van der Waals surface area (Å²) in [6.45, 7) is 5.81. The Hall–Kier alpha value is -1.35. The predicted octanol–water partition coefficient (Wildman–Crippen LogP) is 2.64. The van der Waals surface area contributed by atoms with E-state index in [-0.39, 0.29) is 5.92 Å². The van der Waals surface area contributed by atoms with Gasteiger partial charge < -0.3 is 10.2 Å². The van der Waals surface area contributed by atoms with Crippen LogP contribution < -0.4 is 5.32 Å². The molecule has 0 radical (unpaired) electrons. The van der Waals surface area contributed by atoms with E-state index < -0.39 is 0 Å². The van der Waals surface area contributed by atoms with E-state index in [4.69, 9.17) is 0 Å². The minimum Gasteiger partial charge on any atom is -0.339 e. The van der Waals surface area contributed by atoms with Crippen LogP contribution in [0.2, 0.25) is 0 Å². The second-order valence-electron chi connectivity index (χ2n) is 6.16. The van der Waals surface area contributed by atoms with Gasteiger partial charge in [-0.2, -0.15) is 0 Å². The van der Waals surface area contributed by atoms with Crippen LogP contribution in [0.15, 0.2) is 24.3 Å². The van der Waals surface area contributed by atoms with Gasteiger partial charge in [-0.25, -0.2) is 0 Å². The molecule has 2 atom stereocenters. The van der Waals surface area contributed by atoms with Crippen molar-refractivity contribution in [3.63, 3.8) is 0 Å². The number of benzene rings is 1. The number of nitrogens with one attached hydrogen (secondary N) is 1. The zero-order chi connectivity index (χ0) is 15.2.